The summed E-state index contributed by atoms with van der Waals surface area (Å²) < 4.78 is 0. The maximum Gasteiger partial charge on any atom is 0.222 e. The number of hydrogen-bond acceptors (Lipinski definition) is 5. The number of nitrogen functional groups attached to an aromatic ring is 1. The molecule has 0 aromatic carbocycles. The average molecular weight is 260 g/mol. The quantitative estimate of drug-likeness (QED) is 0.920. The topological polar surface area (TPSA) is 55.0 Å². The number of rotatable bonds is 3. The third-order valence-corrected chi connectivity index (χ3v) is 3.91. The smallest absolute Gasteiger partial charge is 0.222 e. The van der Waals surface area contributed by atoms with Gasteiger partial charge in [-0.15, -0.1) is 0 Å². The molecule has 0 spiro atoms. The first-order valence-electron chi connectivity index (χ1n) is 6.21. The molecule has 94 valence electrons. The minimum absolute atomic E-state index is 0.379. The van der Waals surface area contributed by atoms with Gasteiger partial charge in [-0.25, -0.2) is 4.98 Å². The van der Waals surface area contributed by atoms with Crippen LogP contribution in [0.4, 0.5) is 11.8 Å². The van der Waals surface area contributed by atoms with Crippen molar-refractivity contribution in [2.75, 3.05) is 23.7 Å². The van der Waals surface area contributed by atoms with Gasteiger partial charge in [-0.05, 0) is 35.2 Å². The molecule has 2 aromatic heterocycles. The first kappa shape index (κ1) is 11.5. The predicted octanol–water partition coefficient (Wildman–Crippen LogP) is 2.31. The number of aromatic nitrogens is 2. The van der Waals surface area contributed by atoms with Gasteiger partial charge in [0.05, 0.1) is 5.69 Å². The van der Waals surface area contributed by atoms with Gasteiger partial charge in [-0.3, -0.25) is 0 Å². The number of anilines is 2. The van der Waals surface area contributed by atoms with Crippen LogP contribution in [0, 0.1) is 0 Å². The standard InChI is InChI=1S/C13H16N4S/c14-13-15-11(7-10-3-6-18-9-10)8-12(16-13)17-4-1-2-5-17/h3,6,8-9H,1-2,4-5,7H2,(H2,14,15,16). The molecule has 0 bridgehead atoms. The molecular formula is C13H16N4S. The number of hydrogen-bond donors (Lipinski definition) is 1. The molecule has 4 nitrogen and oxygen atoms in total. The lowest BCUT2D eigenvalue weighted by Crippen LogP contribution is -2.20. The van der Waals surface area contributed by atoms with Gasteiger partial charge in [-0.2, -0.15) is 16.3 Å². The van der Waals surface area contributed by atoms with E-state index in [1.807, 2.05) is 0 Å². The molecule has 3 heterocycles. The highest BCUT2D eigenvalue weighted by molar-refractivity contribution is 7.07. The maximum absolute atomic E-state index is 5.81. The summed E-state index contributed by atoms with van der Waals surface area (Å²) in [6.07, 6.45) is 3.31. The van der Waals surface area contributed by atoms with Crippen molar-refractivity contribution in [3.8, 4) is 0 Å². The molecule has 1 aliphatic rings. The van der Waals surface area contributed by atoms with Gasteiger partial charge >= 0.3 is 0 Å². The molecule has 0 aliphatic carbocycles. The van der Waals surface area contributed by atoms with Crippen molar-refractivity contribution in [2.24, 2.45) is 0 Å². The molecule has 1 saturated heterocycles. The second-order valence-corrected chi connectivity index (χ2v) is 5.36. The van der Waals surface area contributed by atoms with Crippen molar-refractivity contribution >= 4 is 23.1 Å². The van der Waals surface area contributed by atoms with Crippen LogP contribution in [0.15, 0.2) is 22.9 Å². The van der Waals surface area contributed by atoms with Gasteiger partial charge in [0.25, 0.3) is 0 Å². The Kier molecular flexibility index (Phi) is 3.15. The highest BCUT2D eigenvalue weighted by Crippen LogP contribution is 2.21. The van der Waals surface area contributed by atoms with E-state index in [1.54, 1.807) is 11.3 Å². The molecule has 1 aliphatic heterocycles. The zero-order valence-corrected chi connectivity index (χ0v) is 11.0. The molecule has 0 radical (unpaired) electrons. The number of nitrogens with zero attached hydrogens (tertiary/aromatic N) is 3. The highest BCUT2D eigenvalue weighted by Gasteiger charge is 2.15. The van der Waals surface area contributed by atoms with E-state index < -0.39 is 0 Å². The monoisotopic (exact) mass is 260 g/mol. The van der Waals surface area contributed by atoms with E-state index in [4.69, 9.17) is 5.73 Å². The Bertz CT molecular complexity index is 518. The molecular weight excluding hydrogens is 244 g/mol. The molecule has 2 N–H and O–H groups in total. The van der Waals surface area contributed by atoms with Crippen LogP contribution in [0.25, 0.3) is 0 Å². The van der Waals surface area contributed by atoms with Gasteiger partial charge in [0, 0.05) is 25.6 Å². The summed E-state index contributed by atoms with van der Waals surface area (Å²) in [6.45, 7) is 2.16. The van der Waals surface area contributed by atoms with E-state index >= 15 is 0 Å². The first-order valence-corrected chi connectivity index (χ1v) is 7.15. The number of thiophene rings is 1. The lowest BCUT2D eigenvalue weighted by Gasteiger charge is -2.17. The lowest BCUT2D eigenvalue weighted by molar-refractivity contribution is 0.917. The predicted molar refractivity (Wildman–Crippen MR) is 75.0 cm³/mol. The normalized spacial score (nSPS) is 15.2. The van der Waals surface area contributed by atoms with Crippen molar-refractivity contribution in [3.05, 3.63) is 34.2 Å². The molecule has 5 heteroatoms. The number of nitrogens with two attached hydrogens (primary N) is 1. The second kappa shape index (κ2) is 4.94. The lowest BCUT2D eigenvalue weighted by atomic mass is 10.2. The van der Waals surface area contributed by atoms with Crippen molar-refractivity contribution in [1.29, 1.82) is 0 Å². The Morgan fingerprint density at radius 2 is 2.11 bits per heavy atom. The Labute approximate surface area is 110 Å². The van der Waals surface area contributed by atoms with Gasteiger partial charge in [0.2, 0.25) is 5.95 Å². The van der Waals surface area contributed by atoms with Gasteiger partial charge in [-0.1, -0.05) is 0 Å². The Balaban J connectivity index is 1.85. The summed E-state index contributed by atoms with van der Waals surface area (Å²) in [5.74, 6) is 1.36. The summed E-state index contributed by atoms with van der Waals surface area (Å²) in [5, 5.41) is 4.23. The van der Waals surface area contributed by atoms with Crippen LogP contribution in [0.2, 0.25) is 0 Å². The molecule has 0 atom stereocenters. The molecule has 3 rings (SSSR count). The van der Waals surface area contributed by atoms with E-state index in [1.165, 1.54) is 18.4 Å². The Hall–Kier alpha value is -1.62. The molecule has 0 unspecified atom stereocenters. The molecule has 0 saturated carbocycles. The van der Waals surface area contributed by atoms with Gasteiger partial charge in [0.15, 0.2) is 0 Å². The van der Waals surface area contributed by atoms with Crippen molar-refractivity contribution in [2.45, 2.75) is 19.3 Å². The largest absolute Gasteiger partial charge is 0.368 e. The fraction of sp³-hybridized carbons (Fsp3) is 0.385. The van der Waals surface area contributed by atoms with Crippen LogP contribution >= 0.6 is 11.3 Å². The summed E-state index contributed by atoms with van der Waals surface area (Å²) in [5.41, 5.74) is 8.10. The van der Waals surface area contributed by atoms with Gasteiger partial charge < -0.3 is 10.6 Å². The minimum Gasteiger partial charge on any atom is -0.368 e. The fourth-order valence-electron chi connectivity index (χ4n) is 2.30. The van der Waals surface area contributed by atoms with E-state index in [0.29, 0.717) is 5.95 Å². The Morgan fingerprint density at radius 3 is 2.83 bits per heavy atom. The van der Waals surface area contributed by atoms with Crippen LogP contribution in [0.3, 0.4) is 0 Å². The van der Waals surface area contributed by atoms with Crippen LogP contribution in [-0.2, 0) is 6.42 Å². The molecule has 2 aromatic rings. The average Bonchev–Trinajstić information content (AvgIpc) is 3.00. The molecule has 0 amide bonds. The Morgan fingerprint density at radius 1 is 1.28 bits per heavy atom. The maximum atomic E-state index is 5.81. The zero-order valence-electron chi connectivity index (χ0n) is 10.2. The summed E-state index contributed by atoms with van der Waals surface area (Å²) in [6, 6.07) is 4.19. The first-order chi connectivity index (χ1) is 8.81. The SMILES string of the molecule is Nc1nc(Cc2ccsc2)cc(N2CCCC2)n1. The summed E-state index contributed by atoms with van der Waals surface area (Å²) >= 11 is 1.71. The van der Waals surface area contributed by atoms with E-state index in [2.05, 4.69) is 37.8 Å². The third-order valence-electron chi connectivity index (χ3n) is 3.18. The van der Waals surface area contributed by atoms with Crippen molar-refractivity contribution in [3.63, 3.8) is 0 Å². The summed E-state index contributed by atoms with van der Waals surface area (Å²) in [4.78, 5) is 11.0. The van der Waals surface area contributed by atoms with Crippen molar-refractivity contribution in [1.82, 2.24) is 9.97 Å². The van der Waals surface area contributed by atoms with Crippen molar-refractivity contribution < 1.29 is 0 Å². The fourth-order valence-corrected chi connectivity index (χ4v) is 2.97. The van der Waals surface area contributed by atoms with Crippen LogP contribution < -0.4 is 10.6 Å². The highest BCUT2D eigenvalue weighted by atomic mass is 32.1. The summed E-state index contributed by atoms with van der Waals surface area (Å²) in [7, 11) is 0. The minimum atomic E-state index is 0.379. The van der Waals surface area contributed by atoms with Crippen LogP contribution in [0.5, 0.6) is 0 Å². The van der Waals surface area contributed by atoms with E-state index in [9.17, 15) is 0 Å². The zero-order chi connectivity index (χ0) is 12.4. The van der Waals surface area contributed by atoms with E-state index in [0.717, 1.165) is 31.0 Å². The molecule has 1 fully saturated rings. The van der Waals surface area contributed by atoms with E-state index in [-0.39, 0.29) is 0 Å². The molecule has 18 heavy (non-hydrogen) atoms. The van der Waals surface area contributed by atoms with Crippen LogP contribution in [-0.4, -0.2) is 23.1 Å². The van der Waals surface area contributed by atoms with Gasteiger partial charge in [0.1, 0.15) is 5.82 Å². The third kappa shape index (κ3) is 2.46. The second-order valence-electron chi connectivity index (χ2n) is 4.58. The van der Waals surface area contributed by atoms with Crippen LogP contribution in [0.1, 0.15) is 24.1 Å².